The first-order chi connectivity index (χ1) is 12.0. The van der Waals surface area contributed by atoms with E-state index in [9.17, 15) is 0 Å². The molecule has 0 aliphatic carbocycles. The smallest absolute Gasteiger partial charge is 0.227 e. The van der Waals surface area contributed by atoms with Gasteiger partial charge in [-0.05, 0) is 49.6 Å². The molecule has 0 fully saturated rings. The first-order valence-electron chi connectivity index (χ1n) is 8.47. The predicted molar refractivity (Wildman–Crippen MR) is 108 cm³/mol. The monoisotopic (exact) mass is 374 g/mol. The average Bonchev–Trinajstić information content (AvgIpc) is 2.96. The van der Waals surface area contributed by atoms with Gasteiger partial charge in [0.05, 0.1) is 16.5 Å². The minimum absolute atomic E-state index is 0.598. The number of anilines is 2. The van der Waals surface area contributed by atoms with E-state index < -0.39 is 0 Å². The lowest BCUT2D eigenvalue weighted by molar-refractivity contribution is 0.373. The van der Waals surface area contributed by atoms with Gasteiger partial charge in [-0.15, -0.1) is 11.8 Å². The second-order valence-electron chi connectivity index (χ2n) is 6.53. The van der Waals surface area contributed by atoms with E-state index in [2.05, 4.69) is 36.0 Å². The van der Waals surface area contributed by atoms with Crippen LogP contribution in [-0.4, -0.2) is 27.3 Å². The molecule has 1 aliphatic heterocycles. The summed E-state index contributed by atoms with van der Waals surface area (Å²) in [6.45, 7) is 7.82. The molecule has 4 nitrogen and oxygen atoms in total. The van der Waals surface area contributed by atoms with Gasteiger partial charge in [-0.2, -0.15) is 0 Å². The van der Waals surface area contributed by atoms with Gasteiger partial charge >= 0.3 is 0 Å². The zero-order valence-corrected chi connectivity index (χ0v) is 16.4. The van der Waals surface area contributed by atoms with Gasteiger partial charge in [-0.25, -0.2) is 9.97 Å². The molecule has 1 N–H and O–H groups in total. The molecule has 1 aliphatic rings. The van der Waals surface area contributed by atoms with Gasteiger partial charge in [-0.3, -0.25) is 0 Å². The fraction of sp³-hybridized carbons (Fsp3) is 0.368. The molecule has 0 bridgehead atoms. The lowest BCUT2D eigenvalue weighted by Gasteiger charge is -2.20. The van der Waals surface area contributed by atoms with E-state index in [1.807, 2.05) is 42.1 Å². The Bertz CT molecular complexity index is 758. The number of hydrogen-bond donors (Lipinski definition) is 1. The minimum Gasteiger partial charge on any atom is -0.364 e. The molecule has 0 radical (unpaired) electrons. The summed E-state index contributed by atoms with van der Waals surface area (Å²) in [6, 6.07) is 9.51. The average molecular weight is 375 g/mol. The van der Waals surface area contributed by atoms with E-state index in [0.29, 0.717) is 11.0 Å². The molecule has 0 saturated heterocycles. The summed E-state index contributed by atoms with van der Waals surface area (Å²) in [5, 5.41) is 3.95. The van der Waals surface area contributed by atoms with Crippen LogP contribution in [0.15, 0.2) is 42.2 Å². The Labute approximate surface area is 158 Å². The minimum atomic E-state index is 0.598. The molecule has 0 spiro atoms. The molecule has 0 saturated carbocycles. The molecule has 3 rings (SSSR count). The number of aromatic nitrogens is 2. The van der Waals surface area contributed by atoms with E-state index in [1.165, 1.54) is 17.0 Å². The lowest BCUT2D eigenvalue weighted by Crippen LogP contribution is -2.20. The Morgan fingerprint density at radius 2 is 2.00 bits per heavy atom. The highest BCUT2D eigenvalue weighted by atomic mass is 35.5. The first-order valence-corrected chi connectivity index (χ1v) is 9.84. The topological polar surface area (TPSA) is 41.1 Å². The van der Waals surface area contributed by atoms with Crippen molar-refractivity contribution in [2.75, 3.05) is 17.7 Å². The summed E-state index contributed by atoms with van der Waals surface area (Å²) in [5.41, 5.74) is 3.20. The Kier molecular flexibility index (Phi) is 5.86. The molecule has 0 atom stereocenters. The first kappa shape index (κ1) is 18.1. The van der Waals surface area contributed by atoms with Gasteiger partial charge in [0, 0.05) is 29.1 Å². The van der Waals surface area contributed by atoms with Crippen molar-refractivity contribution in [2.45, 2.75) is 27.2 Å². The van der Waals surface area contributed by atoms with Crippen molar-refractivity contribution < 1.29 is 0 Å². The number of nitrogens with one attached hydrogen (secondary N) is 1. The van der Waals surface area contributed by atoms with Crippen LogP contribution >= 0.6 is 23.4 Å². The second-order valence-corrected chi connectivity index (χ2v) is 7.92. The molecular formula is C19H23ClN4S. The van der Waals surface area contributed by atoms with Crippen LogP contribution in [-0.2, 0) is 0 Å². The molecule has 25 heavy (non-hydrogen) atoms. The van der Waals surface area contributed by atoms with E-state index in [-0.39, 0.29) is 0 Å². The van der Waals surface area contributed by atoms with Crippen LogP contribution in [0.5, 0.6) is 0 Å². The standard InChI is InChI=1S/C19H23ClN4S/c1-13(2)9-11-24-12-25-18(14(24)3)17-8-10-21-19(23-17)22-16-6-4-15(20)5-7-16/h4-8,10,13H,9,11-12H2,1-3H3,(H,21,22,23). The number of allylic oxidation sites excluding steroid dienone is 1. The largest absolute Gasteiger partial charge is 0.364 e. The summed E-state index contributed by atoms with van der Waals surface area (Å²) in [5.74, 6) is 2.31. The van der Waals surface area contributed by atoms with Crippen molar-refractivity contribution in [3.05, 3.63) is 52.9 Å². The Morgan fingerprint density at radius 1 is 1.24 bits per heavy atom. The third-order valence-electron chi connectivity index (χ3n) is 4.13. The van der Waals surface area contributed by atoms with Crippen molar-refractivity contribution in [3.8, 4) is 0 Å². The SMILES string of the molecule is CC1=C(c2ccnc(Nc3ccc(Cl)cc3)n2)SCN1CCC(C)C. The molecule has 2 heterocycles. The Morgan fingerprint density at radius 3 is 2.72 bits per heavy atom. The van der Waals surface area contributed by atoms with Gasteiger partial charge < -0.3 is 10.2 Å². The molecular weight excluding hydrogens is 352 g/mol. The molecule has 1 aromatic carbocycles. The quantitative estimate of drug-likeness (QED) is 0.711. The number of hydrogen-bond acceptors (Lipinski definition) is 5. The van der Waals surface area contributed by atoms with E-state index in [1.54, 1.807) is 6.20 Å². The van der Waals surface area contributed by atoms with Crippen molar-refractivity contribution in [3.63, 3.8) is 0 Å². The van der Waals surface area contributed by atoms with Crippen LogP contribution in [0.25, 0.3) is 4.91 Å². The molecule has 2 aromatic rings. The maximum absolute atomic E-state index is 5.93. The van der Waals surface area contributed by atoms with Crippen LogP contribution in [0.3, 0.4) is 0 Å². The van der Waals surface area contributed by atoms with Crippen LogP contribution in [0.4, 0.5) is 11.6 Å². The zero-order chi connectivity index (χ0) is 17.8. The number of thioether (sulfide) groups is 1. The molecule has 6 heteroatoms. The molecule has 0 unspecified atom stereocenters. The summed E-state index contributed by atoms with van der Waals surface area (Å²) >= 11 is 7.78. The van der Waals surface area contributed by atoms with Crippen LogP contribution in [0, 0.1) is 5.92 Å². The lowest BCUT2D eigenvalue weighted by atomic mass is 10.1. The fourth-order valence-electron chi connectivity index (χ4n) is 2.60. The number of benzene rings is 1. The van der Waals surface area contributed by atoms with Crippen molar-refractivity contribution in [1.29, 1.82) is 0 Å². The van der Waals surface area contributed by atoms with Gasteiger partial charge in [0.15, 0.2) is 0 Å². The van der Waals surface area contributed by atoms with Gasteiger partial charge in [-0.1, -0.05) is 25.4 Å². The van der Waals surface area contributed by atoms with Gasteiger partial charge in [0.2, 0.25) is 5.95 Å². The van der Waals surface area contributed by atoms with Crippen molar-refractivity contribution in [2.24, 2.45) is 5.92 Å². The number of rotatable bonds is 6. The van der Waals surface area contributed by atoms with Gasteiger partial charge in [0.25, 0.3) is 0 Å². The summed E-state index contributed by atoms with van der Waals surface area (Å²) in [4.78, 5) is 12.7. The van der Waals surface area contributed by atoms with E-state index in [4.69, 9.17) is 16.6 Å². The third kappa shape index (κ3) is 4.67. The highest BCUT2D eigenvalue weighted by Crippen LogP contribution is 2.38. The Hall–Kier alpha value is -1.72. The van der Waals surface area contributed by atoms with E-state index >= 15 is 0 Å². The summed E-state index contributed by atoms with van der Waals surface area (Å²) in [7, 11) is 0. The molecule has 132 valence electrons. The highest BCUT2D eigenvalue weighted by Gasteiger charge is 2.22. The maximum Gasteiger partial charge on any atom is 0.227 e. The van der Waals surface area contributed by atoms with E-state index in [0.717, 1.165) is 29.7 Å². The molecule has 1 aromatic heterocycles. The number of nitrogens with zero attached hydrogens (tertiary/aromatic N) is 3. The number of halogens is 1. The van der Waals surface area contributed by atoms with Crippen LogP contribution in [0.2, 0.25) is 5.02 Å². The third-order valence-corrected chi connectivity index (χ3v) is 5.62. The second kappa shape index (κ2) is 8.11. The van der Waals surface area contributed by atoms with Crippen molar-refractivity contribution in [1.82, 2.24) is 14.9 Å². The van der Waals surface area contributed by atoms with Crippen LogP contribution in [0.1, 0.15) is 32.9 Å². The zero-order valence-electron chi connectivity index (χ0n) is 14.8. The predicted octanol–water partition coefficient (Wildman–Crippen LogP) is 5.61. The normalized spacial score (nSPS) is 14.5. The fourth-order valence-corrected chi connectivity index (χ4v) is 3.93. The summed E-state index contributed by atoms with van der Waals surface area (Å²) in [6.07, 6.45) is 3.01. The Balaban J connectivity index is 1.75. The highest BCUT2D eigenvalue weighted by molar-refractivity contribution is 8.08. The van der Waals surface area contributed by atoms with Crippen LogP contribution < -0.4 is 5.32 Å². The maximum atomic E-state index is 5.93. The van der Waals surface area contributed by atoms with Crippen molar-refractivity contribution >= 4 is 39.9 Å². The molecule has 0 amide bonds. The van der Waals surface area contributed by atoms with Gasteiger partial charge in [0.1, 0.15) is 0 Å². The summed E-state index contributed by atoms with van der Waals surface area (Å²) < 4.78 is 0.